The molecule has 4 amide bonds. The van der Waals surface area contributed by atoms with Gasteiger partial charge in [0.15, 0.2) is 0 Å². The summed E-state index contributed by atoms with van der Waals surface area (Å²) in [4.78, 5) is 48.0. The molecule has 12 heteroatoms. The molecule has 4 N–H and O–H groups in total. The maximum absolute atomic E-state index is 12.1. The van der Waals surface area contributed by atoms with Crippen LogP contribution < -0.4 is 21.8 Å². The molecular formula is C15H19N5O6S. The summed E-state index contributed by atoms with van der Waals surface area (Å²) in [5.41, 5.74) is -1.22. The van der Waals surface area contributed by atoms with E-state index >= 15 is 0 Å². The lowest BCUT2D eigenvalue weighted by atomic mass is 10.1. The van der Waals surface area contributed by atoms with Gasteiger partial charge in [-0.1, -0.05) is 19.4 Å². The number of benzene rings is 1. The third-order valence-electron chi connectivity index (χ3n) is 3.64. The van der Waals surface area contributed by atoms with Gasteiger partial charge in [0.25, 0.3) is 11.1 Å². The highest BCUT2D eigenvalue weighted by atomic mass is 32.2. The van der Waals surface area contributed by atoms with Crippen molar-refractivity contribution in [3.05, 3.63) is 38.9 Å². The third-order valence-corrected chi connectivity index (χ3v) is 4.79. The number of fused-ring (bicyclic) bond motifs is 1. The normalized spacial score (nSPS) is 11.2. The zero-order chi connectivity index (χ0) is 20.2. The molecule has 2 rings (SSSR count). The van der Waals surface area contributed by atoms with E-state index in [0.717, 1.165) is 6.26 Å². The Balaban J connectivity index is 2.24. The molecule has 2 aromatic rings. The third kappa shape index (κ3) is 4.73. The van der Waals surface area contributed by atoms with E-state index in [2.05, 4.69) is 15.5 Å². The molecule has 0 radical (unpaired) electrons. The number of H-pyrrole nitrogens is 2. The van der Waals surface area contributed by atoms with Gasteiger partial charge in [0.05, 0.1) is 22.7 Å². The maximum atomic E-state index is 12.1. The lowest BCUT2D eigenvalue weighted by molar-refractivity contribution is 0.219. The number of sulfonamides is 1. The highest BCUT2D eigenvalue weighted by Gasteiger charge is 2.24. The molecule has 0 saturated carbocycles. The Morgan fingerprint density at radius 1 is 1.15 bits per heavy atom. The Morgan fingerprint density at radius 3 is 2.44 bits per heavy atom. The highest BCUT2D eigenvalue weighted by molar-refractivity contribution is 7.88. The summed E-state index contributed by atoms with van der Waals surface area (Å²) >= 11 is 0. The summed E-state index contributed by atoms with van der Waals surface area (Å²) in [6.07, 6.45) is 1.94. The smallest absolute Gasteiger partial charge is 0.307 e. The number of nitrogens with one attached hydrogen (secondary N) is 4. The first-order chi connectivity index (χ1) is 12.6. The van der Waals surface area contributed by atoms with Crippen LogP contribution in [0, 0.1) is 0 Å². The number of rotatable bonds is 5. The van der Waals surface area contributed by atoms with Gasteiger partial charge >= 0.3 is 12.1 Å². The van der Waals surface area contributed by atoms with E-state index in [-0.39, 0.29) is 23.0 Å². The average molecular weight is 397 g/mol. The zero-order valence-electron chi connectivity index (χ0n) is 14.7. The van der Waals surface area contributed by atoms with Crippen molar-refractivity contribution in [3.63, 3.8) is 0 Å². The van der Waals surface area contributed by atoms with E-state index in [1.807, 2.05) is 12.2 Å². The van der Waals surface area contributed by atoms with Crippen LogP contribution in [0.3, 0.4) is 0 Å². The van der Waals surface area contributed by atoms with Crippen LogP contribution in [0.1, 0.15) is 19.8 Å². The number of aromatic nitrogens is 2. The molecule has 0 atom stereocenters. The van der Waals surface area contributed by atoms with Crippen LogP contribution in [-0.2, 0) is 10.0 Å². The summed E-state index contributed by atoms with van der Waals surface area (Å²) in [6.45, 7) is 1.75. The van der Waals surface area contributed by atoms with Crippen LogP contribution in [0.5, 0.6) is 0 Å². The van der Waals surface area contributed by atoms with E-state index in [4.69, 9.17) is 0 Å². The van der Waals surface area contributed by atoms with Crippen molar-refractivity contribution in [2.24, 2.45) is 0 Å². The second kappa shape index (κ2) is 8.03. The van der Waals surface area contributed by atoms with Crippen molar-refractivity contribution in [2.45, 2.75) is 19.8 Å². The van der Waals surface area contributed by atoms with E-state index in [9.17, 15) is 27.6 Å². The largest absolute Gasteiger partial charge is 0.339 e. The van der Waals surface area contributed by atoms with Gasteiger partial charge in [0, 0.05) is 6.54 Å². The van der Waals surface area contributed by atoms with Crippen LogP contribution in [0.25, 0.3) is 10.8 Å². The minimum Gasteiger partial charge on any atom is -0.307 e. The number of unbranched alkanes of at least 4 members (excludes halogenated alkanes) is 1. The van der Waals surface area contributed by atoms with Gasteiger partial charge in [-0.3, -0.25) is 25.1 Å². The number of aromatic amines is 2. The number of carbonyl (C=O) groups is 2. The molecule has 0 unspecified atom stereocenters. The van der Waals surface area contributed by atoms with E-state index < -0.39 is 33.2 Å². The molecule has 27 heavy (non-hydrogen) atoms. The summed E-state index contributed by atoms with van der Waals surface area (Å²) in [5, 5.41) is 8.45. The monoisotopic (exact) mass is 397 g/mol. The van der Waals surface area contributed by atoms with Gasteiger partial charge in [-0.15, -0.1) is 0 Å². The van der Waals surface area contributed by atoms with Gasteiger partial charge in [-0.2, -0.15) is 0 Å². The molecule has 0 aliphatic heterocycles. The number of hydrogen-bond acceptors (Lipinski definition) is 6. The highest BCUT2D eigenvalue weighted by Crippen LogP contribution is 2.16. The van der Waals surface area contributed by atoms with Gasteiger partial charge in [0.1, 0.15) is 0 Å². The van der Waals surface area contributed by atoms with Crippen LogP contribution in [0.4, 0.5) is 15.3 Å². The first-order valence-electron chi connectivity index (χ1n) is 7.98. The molecule has 0 aliphatic rings. The Hall–Kier alpha value is -3.15. The van der Waals surface area contributed by atoms with Gasteiger partial charge in [-0.25, -0.2) is 22.3 Å². The predicted octanol–water partition coefficient (Wildman–Crippen LogP) is 0.520. The number of amides is 4. The summed E-state index contributed by atoms with van der Waals surface area (Å²) < 4.78 is 24.0. The van der Waals surface area contributed by atoms with Crippen molar-refractivity contribution in [1.82, 2.24) is 19.8 Å². The fourth-order valence-electron chi connectivity index (χ4n) is 2.37. The SMILES string of the molecule is CCCCN(C(=O)NC(=O)Nc1cccc2c(=O)[nH][nH]c(=O)c12)S(C)(=O)=O. The average Bonchev–Trinajstić information content (AvgIpc) is 2.57. The number of hydrogen-bond donors (Lipinski definition) is 4. The molecule has 0 saturated heterocycles. The van der Waals surface area contributed by atoms with Gasteiger partial charge in [0.2, 0.25) is 10.0 Å². The van der Waals surface area contributed by atoms with Crippen molar-refractivity contribution in [2.75, 3.05) is 18.1 Å². The molecule has 1 heterocycles. The molecule has 11 nitrogen and oxygen atoms in total. The summed E-state index contributed by atoms with van der Waals surface area (Å²) in [7, 11) is -3.86. The second-order valence-corrected chi connectivity index (χ2v) is 7.62. The van der Waals surface area contributed by atoms with Gasteiger partial charge < -0.3 is 5.32 Å². The fourth-order valence-corrected chi connectivity index (χ4v) is 3.17. The Morgan fingerprint density at radius 2 is 1.81 bits per heavy atom. The number of urea groups is 2. The molecule has 0 spiro atoms. The summed E-state index contributed by atoms with van der Waals surface area (Å²) in [6, 6.07) is 2.05. The maximum Gasteiger partial charge on any atom is 0.339 e. The van der Waals surface area contributed by atoms with E-state index in [1.165, 1.54) is 18.2 Å². The standard InChI is InChI=1S/C15H19N5O6S/c1-3-4-8-20(27(2,25)26)15(24)17-14(23)16-10-7-5-6-9-11(10)13(22)19-18-12(9)21/h5-7H,3-4,8H2,1-2H3,(H,18,21)(H,19,22)(H2,16,17,23,24). The Kier molecular flexibility index (Phi) is 6.00. The molecule has 1 aromatic carbocycles. The zero-order valence-corrected chi connectivity index (χ0v) is 15.5. The van der Waals surface area contributed by atoms with Crippen LogP contribution in [0.15, 0.2) is 27.8 Å². The van der Waals surface area contributed by atoms with Crippen molar-refractivity contribution in [1.29, 1.82) is 0 Å². The molecule has 0 fully saturated rings. The second-order valence-electron chi connectivity index (χ2n) is 5.71. The lowest BCUT2D eigenvalue weighted by Crippen LogP contribution is -2.47. The number of nitrogens with zero attached hydrogens (tertiary/aromatic N) is 1. The minimum absolute atomic E-state index is 0.00962. The Bertz CT molecular complexity index is 1090. The Labute approximate surface area is 153 Å². The fraction of sp³-hybridized carbons (Fsp3) is 0.333. The van der Waals surface area contributed by atoms with Crippen molar-refractivity contribution >= 4 is 38.5 Å². The predicted molar refractivity (Wildman–Crippen MR) is 99.2 cm³/mol. The van der Waals surface area contributed by atoms with E-state index in [0.29, 0.717) is 17.1 Å². The van der Waals surface area contributed by atoms with Crippen molar-refractivity contribution in [3.8, 4) is 0 Å². The quantitative estimate of drug-likeness (QED) is 0.575. The molecule has 146 valence electrons. The number of carbonyl (C=O) groups excluding carboxylic acids is 2. The summed E-state index contributed by atoms with van der Waals surface area (Å²) in [5.74, 6) is 0. The van der Waals surface area contributed by atoms with Crippen LogP contribution in [-0.4, -0.2) is 47.8 Å². The number of imide groups is 1. The molecule has 0 aliphatic carbocycles. The lowest BCUT2D eigenvalue weighted by Gasteiger charge is -2.20. The van der Waals surface area contributed by atoms with Gasteiger partial charge in [-0.05, 0) is 18.6 Å². The molecule has 0 bridgehead atoms. The topological polar surface area (TPSA) is 161 Å². The molecule has 1 aromatic heterocycles. The number of anilines is 1. The van der Waals surface area contributed by atoms with Crippen molar-refractivity contribution < 1.29 is 18.0 Å². The van der Waals surface area contributed by atoms with E-state index in [1.54, 1.807) is 0 Å². The van der Waals surface area contributed by atoms with Crippen LogP contribution >= 0.6 is 0 Å². The first kappa shape index (κ1) is 20.2. The first-order valence-corrected chi connectivity index (χ1v) is 9.83. The van der Waals surface area contributed by atoms with Crippen LogP contribution in [0.2, 0.25) is 0 Å². The molecular weight excluding hydrogens is 378 g/mol. The minimum atomic E-state index is -3.86.